The standard InChI is InChI=1S/C19H20N2OS2/c1-12(2)23-19-20-17-16(14-9-6-10-15(14)24-17)18(22)21(19)11-13-7-4-3-5-8-13/h3-5,7-8,12H,6,9-11H2,1-2H3. The Balaban J connectivity index is 1.91. The van der Waals surface area contributed by atoms with Crippen LogP contribution in [0.15, 0.2) is 40.3 Å². The molecule has 0 radical (unpaired) electrons. The van der Waals surface area contributed by atoms with Crippen molar-refractivity contribution in [2.45, 2.75) is 50.1 Å². The number of aromatic nitrogens is 2. The maximum atomic E-state index is 13.3. The zero-order valence-corrected chi connectivity index (χ0v) is 15.5. The number of fused-ring (bicyclic) bond motifs is 3. The Kier molecular flexibility index (Phi) is 4.22. The Hall–Kier alpha value is -1.59. The van der Waals surface area contributed by atoms with Crippen molar-refractivity contribution < 1.29 is 0 Å². The fourth-order valence-corrected chi connectivity index (χ4v) is 5.41. The highest BCUT2D eigenvalue weighted by Crippen LogP contribution is 2.36. The van der Waals surface area contributed by atoms with Gasteiger partial charge in [0.2, 0.25) is 0 Å². The molecule has 1 aliphatic carbocycles. The van der Waals surface area contributed by atoms with E-state index in [0.717, 1.165) is 40.2 Å². The molecular formula is C19H20N2OS2. The van der Waals surface area contributed by atoms with Crippen molar-refractivity contribution in [3.8, 4) is 0 Å². The van der Waals surface area contributed by atoms with Crippen molar-refractivity contribution in [2.75, 3.05) is 0 Å². The van der Waals surface area contributed by atoms with Gasteiger partial charge in [0, 0.05) is 10.1 Å². The molecule has 3 nitrogen and oxygen atoms in total. The lowest BCUT2D eigenvalue weighted by Crippen LogP contribution is -2.24. The highest BCUT2D eigenvalue weighted by molar-refractivity contribution is 7.99. The molecule has 0 atom stereocenters. The number of thioether (sulfide) groups is 1. The summed E-state index contributed by atoms with van der Waals surface area (Å²) < 4.78 is 1.87. The Morgan fingerprint density at radius 3 is 2.79 bits per heavy atom. The zero-order chi connectivity index (χ0) is 16.7. The summed E-state index contributed by atoms with van der Waals surface area (Å²) in [6.45, 7) is 4.87. The summed E-state index contributed by atoms with van der Waals surface area (Å²) in [7, 11) is 0. The Morgan fingerprint density at radius 2 is 2.04 bits per heavy atom. The van der Waals surface area contributed by atoms with Crippen LogP contribution >= 0.6 is 23.1 Å². The van der Waals surface area contributed by atoms with Gasteiger partial charge in [-0.25, -0.2) is 4.98 Å². The van der Waals surface area contributed by atoms with Crippen LogP contribution in [0.2, 0.25) is 0 Å². The summed E-state index contributed by atoms with van der Waals surface area (Å²) in [4.78, 5) is 20.4. The van der Waals surface area contributed by atoms with E-state index in [1.165, 1.54) is 10.4 Å². The summed E-state index contributed by atoms with van der Waals surface area (Å²) in [5.74, 6) is 0. The SMILES string of the molecule is CC(C)Sc1nc2sc3c(c2c(=O)n1Cc1ccccc1)CCC3. The number of aryl methyl sites for hydroxylation is 2. The van der Waals surface area contributed by atoms with E-state index in [1.54, 1.807) is 23.1 Å². The van der Waals surface area contributed by atoms with E-state index in [2.05, 4.69) is 26.0 Å². The molecule has 0 saturated heterocycles. The summed E-state index contributed by atoms with van der Waals surface area (Å²) in [5, 5.41) is 2.10. The fourth-order valence-electron chi connectivity index (χ4n) is 3.26. The molecule has 3 aromatic rings. The van der Waals surface area contributed by atoms with Gasteiger partial charge in [0.05, 0.1) is 11.9 Å². The molecule has 2 aromatic heterocycles. The van der Waals surface area contributed by atoms with Gasteiger partial charge >= 0.3 is 0 Å². The number of benzene rings is 1. The van der Waals surface area contributed by atoms with E-state index in [0.29, 0.717) is 11.8 Å². The third kappa shape index (κ3) is 2.80. The second kappa shape index (κ2) is 6.37. The van der Waals surface area contributed by atoms with Crippen molar-refractivity contribution in [3.63, 3.8) is 0 Å². The topological polar surface area (TPSA) is 34.9 Å². The van der Waals surface area contributed by atoms with Crippen molar-refractivity contribution in [3.05, 3.63) is 56.7 Å². The maximum absolute atomic E-state index is 13.3. The molecule has 1 aliphatic rings. The number of nitrogens with zero attached hydrogens (tertiary/aromatic N) is 2. The lowest BCUT2D eigenvalue weighted by atomic mass is 10.2. The molecule has 0 aliphatic heterocycles. The number of hydrogen-bond acceptors (Lipinski definition) is 4. The highest BCUT2D eigenvalue weighted by Gasteiger charge is 2.23. The summed E-state index contributed by atoms with van der Waals surface area (Å²) >= 11 is 3.39. The molecule has 24 heavy (non-hydrogen) atoms. The highest BCUT2D eigenvalue weighted by atomic mass is 32.2. The van der Waals surface area contributed by atoms with E-state index in [-0.39, 0.29) is 5.56 Å². The summed E-state index contributed by atoms with van der Waals surface area (Å²) in [5.41, 5.74) is 2.53. The van der Waals surface area contributed by atoms with Gasteiger partial charge in [-0.3, -0.25) is 9.36 Å². The molecule has 124 valence electrons. The third-order valence-corrected chi connectivity index (χ3v) is 6.49. The minimum atomic E-state index is 0.131. The smallest absolute Gasteiger partial charge is 0.263 e. The van der Waals surface area contributed by atoms with Crippen molar-refractivity contribution >= 4 is 33.3 Å². The Morgan fingerprint density at radius 1 is 1.25 bits per heavy atom. The first-order chi connectivity index (χ1) is 11.6. The van der Waals surface area contributed by atoms with E-state index < -0.39 is 0 Å². The predicted octanol–water partition coefficient (Wildman–Crippen LogP) is 4.50. The number of hydrogen-bond donors (Lipinski definition) is 0. The average Bonchev–Trinajstić information content (AvgIpc) is 3.12. The molecule has 4 rings (SSSR count). The molecule has 0 fully saturated rings. The molecule has 0 amide bonds. The first-order valence-electron chi connectivity index (χ1n) is 8.39. The van der Waals surface area contributed by atoms with E-state index in [9.17, 15) is 4.79 Å². The molecule has 2 heterocycles. The van der Waals surface area contributed by atoms with Crippen LogP contribution in [0, 0.1) is 0 Å². The third-order valence-electron chi connectivity index (χ3n) is 4.31. The van der Waals surface area contributed by atoms with E-state index in [1.807, 2.05) is 22.8 Å². The first kappa shape index (κ1) is 15.9. The molecule has 0 unspecified atom stereocenters. The Bertz CT molecular complexity index is 941. The molecule has 1 aromatic carbocycles. The van der Waals surface area contributed by atoms with Crippen LogP contribution in [0.5, 0.6) is 0 Å². The lowest BCUT2D eigenvalue weighted by molar-refractivity contribution is 0.657. The molecule has 0 bridgehead atoms. The quantitative estimate of drug-likeness (QED) is 0.510. The van der Waals surface area contributed by atoms with Gasteiger partial charge in [-0.2, -0.15) is 0 Å². The predicted molar refractivity (Wildman–Crippen MR) is 102 cm³/mol. The molecule has 5 heteroatoms. The number of thiophene rings is 1. The normalized spacial score (nSPS) is 13.8. The molecule has 0 spiro atoms. The van der Waals surface area contributed by atoms with Gasteiger partial charge in [0.15, 0.2) is 5.16 Å². The average molecular weight is 357 g/mol. The lowest BCUT2D eigenvalue weighted by Gasteiger charge is -2.14. The summed E-state index contributed by atoms with van der Waals surface area (Å²) in [6.07, 6.45) is 3.28. The Labute approximate surface area is 149 Å². The van der Waals surface area contributed by atoms with Crippen molar-refractivity contribution in [2.24, 2.45) is 0 Å². The first-order valence-corrected chi connectivity index (χ1v) is 10.1. The maximum Gasteiger partial charge on any atom is 0.263 e. The number of rotatable bonds is 4. The second-order valence-electron chi connectivity index (χ2n) is 6.48. The van der Waals surface area contributed by atoms with Gasteiger partial charge in [-0.05, 0) is 30.4 Å². The van der Waals surface area contributed by atoms with E-state index in [4.69, 9.17) is 4.98 Å². The van der Waals surface area contributed by atoms with Crippen LogP contribution in [-0.2, 0) is 19.4 Å². The molecule has 0 N–H and O–H groups in total. The van der Waals surface area contributed by atoms with Crippen LogP contribution in [0.1, 0.15) is 36.3 Å². The van der Waals surface area contributed by atoms with Crippen LogP contribution in [0.4, 0.5) is 0 Å². The minimum Gasteiger partial charge on any atom is -0.283 e. The van der Waals surface area contributed by atoms with Gasteiger partial charge < -0.3 is 0 Å². The van der Waals surface area contributed by atoms with Gasteiger partial charge in [-0.1, -0.05) is 55.9 Å². The van der Waals surface area contributed by atoms with Crippen molar-refractivity contribution in [1.82, 2.24) is 9.55 Å². The van der Waals surface area contributed by atoms with Crippen LogP contribution in [0.25, 0.3) is 10.2 Å². The molecular weight excluding hydrogens is 336 g/mol. The van der Waals surface area contributed by atoms with Crippen molar-refractivity contribution in [1.29, 1.82) is 0 Å². The van der Waals surface area contributed by atoms with E-state index >= 15 is 0 Å². The fraction of sp³-hybridized carbons (Fsp3) is 0.368. The van der Waals surface area contributed by atoms with Gasteiger partial charge in [0.25, 0.3) is 5.56 Å². The monoisotopic (exact) mass is 356 g/mol. The minimum absolute atomic E-state index is 0.131. The largest absolute Gasteiger partial charge is 0.283 e. The second-order valence-corrected chi connectivity index (χ2v) is 9.10. The summed E-state index contributed by atoms with van der Waals surface area (Å²) in [6, 6.07) is 10.2. The van der Waals surface area contributed by atoms with Crippen LogP contribution in [-0.4, -0.2) is 14.8 Å². The zero-order valence-electron chi connectivity index (χ0n) is 13.9. The molecule has 0 saturated carbocycles. The van der Waals surface area contributed by atoms with Gasteiger partial charge in [0.1, 0.15) is 4.83 Å². The van der Waals surface area contributed by atoms with Crippen LogP contribution < -0.4 is 5.56 Å². The van der Waals surface area contributed by atoms with Crippen LogP contribution in [0.3, 0.4) is 0 Å². The van der Waals surface area contributed by atoms with Gasteiger partial charge in [-0.15, -0.1) is 11.3 Å².